The summed E-state index contributed by atoms with van der Waals surface area (Å²) < 4.78 is 6.52. The highest BCUT2D eigenvalue weighted by atomic mass is 16.3. The Labute approximate surface area is 392 Å². The fourth-order valence-corrected chi connectivity index (χ4v) is 10.4. The van der Waals surface area contributed by atoms with Gasteiger partial charge in [0, 0.05) is 62.8 Å². The van der Waals surface area contributed by atoms with Crippen LogP contribution in [0, 0.1) is 0 Å². The molecule has 320 valence electrons. The smallest absolute Gasteiger partial charge is 0.143 e. The van der Waals surface area contributed by atoms with Crippen LogP contribution in [0.3, 0.4) is 0 Å². The van der Waals surface area contributed by atoms with Gasteiger partial charge in [-0.25, -0.2) is 0 Å². The van der Waals surface area contributed by atoms with E-state index in [1.54, 1.807) is 0 Å². The van der Waals surface area contributed by atoms with Gasteiger partial charge in [-0.2, -0.15) is 0 Å². The van der Waals surface area contributed by atoms with Crippen LogP contribution in [0.5, 0.6) is 0 Å². The number of hydrogen-bond donors (Lipinski definition) is 0. The lowest BCUT2D eigenvalue weighted by atomic mass is 9.82. The average molecular weight is 861 g/mol. The fourth-order valence-electron chi connectivity index (χ4n) is 10.4. The van der Waals surface area contributed by atoms with Crippen LogP contribution in [0.15, 0.2) is 241 Å². The van der Waals surface area contributed by atoms with Crippen LogP contribution in [0.2, 0.25) is 0 Å². The first-order chi connectivity index (χ1) is 32.9. The van der Waals surface area contributed by atoms with E-state index in [-0.39, 0.29) is 5.41 Å². The topological polar surface area (TPSA) is 19.6 Å². The van der Waals surface area contributed by atoms with Gasteiger partial charge in [-0.05, 0) is 128 Å². The normalized spacial score (nSPS) is 12.5. The Morgan fingerprint density at radius 1 is 0.343 bits per heavy atom. The first-order valence-electron chi connectivity index (χ1n) is 23.1. The van der Waals surface area contributed by atoms with Crippen LogP contribution < -0.4 is 9.80 Å². The maximum Gasteiger partial charge on any atom is 0.143 e. The van der Waals surface area contributed by atoms with E-state index in [9.17, 15) is 0 Å². The number of furan rings is 1. The van der Waals surface area contributed by atoms with Crippen LogP contribution in [-0.2, 0) is 5.41 Å². The highest BCUT2D eigenvalue weighted by Crippen LogP contribution is 2.51. The van der Waals surface area contributed by atoms with E-state index in [0.29, 0.717) is 0 Å². The van der Waals surface area contributed by atoms with E-state index in [0.717, 1.165) is 72.6 Å². The van der Waals surface area contributed by atoms with Crippen molar-refractivity contribution >= 4 is 50.4 Å². The van der Waals surface area contributed by atoms with Crippen molar-refractivity contribution in [1.82, 2.24) is 0 Å². The number of anilines is 5. The number of para-hydroxylation sites is 3. The first kappa shape index (κ1) is 40.1. The first-order valence-corrected chi connectivity index (χ1v) is 23.1. The molecule has 0 radical (unpaired) electrons. The zero-order valence-corrected chi connectivity index (χ0v) is 37.8. The molecule has 67 heavy (non-hydrogen) atoms. The minimum atomic E-state index is -0.0561. The number of nitrogens with zero attached hydrogens (tertiary/aromatic N) is 2. The standard InChI is InChI=1S/C64H48N2O/c1-64(2)59-26-12-10-22-54(59)58-42-48(32-38-60(58)64)57-41-46(33-39-61(57)65(3)49-19-8-5-9-20-49)45-30-36-51(37-31-45)66(50-34-28-44(29-35-50)43-16-6-4-7-17-43)52-21-14-18-47(40-52)53-24-15-25-56-55-23-11-13-27-62(55)67-63(53)56/h4-42H,1-3H3. The molecule has 11 aromatic rings. The highest BCUT2D eigenvalue weighted by molar-refractivity contribution is 6.09. The number of benzene rings is 10. The molecule has 0 unspecified atom stereocenters. The van der Waals surface area contributed by atoms with Crippen LogP contribution in [0.25, 0.3) is 77.6 Å². The minimum absolute atomic E-state index is 0.0561. The zero-order valence-electron chi connectivity index (χ0n) is 37.8. The maximum atomic E-state index is 6.52. The van der Waals surface area contributed by atoms with E-state index in [2.05, 4.69) is 255 Å². The molecule has 1 aliphatic carbocycles. The van der Waals surface area contributed by atoms with Crippen molar-refractivity contribution in [2.45, 2.75) is 19.3 Å². The summed E-state index contributed by atoms with van der Waals surface area (Å²) in [5, 5.41) is 2.25. The summed E-state index contributed by atoms with van der Waals surface area (Å²) in [6, 6.07) is 85.6. The SMILES string of the molecule is CN(c1ccccc1)c1ccc(-c2ccc(N(c3ccc(-c4ccccc4)cc3)c3cccc(-c4cccc5c4oc4ccccc45)c3)cc2)cc1-c1ccc2c(c1)-c1ccccc1C2(C)C. The van der Waals surface area contributed by atoms with Gasteiger partial charge in [-0.1, -0.05) is 178 Å². The summed E-state index contributed by atoms with van der Waals surface area (Å²) in [6.07, 6.45) is 0. The van der Waals surface area contributed by atoms with Gasteiger partial charge in [0.05, 0.1) is 0 Å². The molecule has 0 spiro atoms. The summed E-state index contributed by atoms with van der Waals surface area (Å²) in [5.41, 5.74) is 21.9. The third-order valence-corrected chi connectivity index (χ3v) is 13.9. The van der Waals surface area contributed by atoms with E-state index < -0.39 is 0 Å². The Morgan fingerprint density at radius 3 is 1.64 bits per heavy atom. The molecule has 0 atom stereocenters. The van der Waals surface area contributed by atoms with E-state index in [1.807, 2.05) is 12.1 Å². The molecule has 10 aromatic carbocycles. The second kappa shape index (κ2) is 16.2. The molecule has 3 heteroatoms. The van der Waals surface area contributed by atoms with Crippen molar-refractivity contribution in [3.8, 4) is 55.6 Å². The van der Waals surface area contributed by atoms with Crippen molar-refractivity contribution in [2.24, 2.45) is 0 Å². The molecule has 1 aliphatic rings. The third-order valence-electron chi connectivity index (χ3n) is 13.9. The summed E-state index contributed by atoms with van der Waals surface area (Å²) in [4.78, 5) is 4.66. The van der Waals surface area contributed by atoms with Crippen molar-refractivity contribution in [3.63, 3.8) is 0 Å². The minimum Gasteiger partial charge on any atom is -0.455 e. The average Bonchev–Trinajstić information content (AvgIpc) is 3.88. The number of rotatable bonds is 9. The molecular weight excluding hydrogens is 813 g/mol. The monoisotopic (exact) mass is 860 g/mol. The largest absolute Gasteiger partial charge is 0.455 e. The maximum absolute atomic E-state index is 6.52. The summed E-state index contributed by atoms with van der Waals surface area (Å²) in [5.74, 6) is 0. The molecule has 0 amide bonds. The van der Waals surface area contributed by atoms with Crippen molar-refractivity contribution in [1.29, 1.82) is 0 Å². The Kier molecular flexibility index (Phi) is 9.73. The van der Waals surface area contributed by atoms with Gasteiger partial charge in [0.2, 0.25) is 0 Å². The summed E-state index contributed by atoms with van der Waals surface area (Å²) in [6.45, 7) is 4.69. The van der Waals surface area contributed by atoms with Crippen LogP contribution in [0.4, 0.5) is 28.4 Å². The molecular formula is C64H48N2O. The number of fused-ring (bicyclic) bond motifs is 6. The van der Waals surface area contributed by atoms with Gasteiger partial charge in [-0.15, -0.1) is 0 Å². The quantitative estimate of drug-likeness (QED) is 0.144. The van der Waals surface area contributed by atoms with Crippen molar-refractivity contribution in [2.75, 3.05) is 16.8 Å². The van der Waals surface area contributed by atoms with E-state index >= 15 is 0 Å². The van der Waals surface area contributed by atoms with E-state index in [1.165, 1.54) is 44.5 Å². The Morgan fingerprint density at radius 2 is 0.866 bits per heavy atom. The van der Waals surface area contributed by atoms with Crippen molar-refractivity contribution in [3.05, 3.63) is 248 Å². The molecule has 12 rings (SSSR count). The van der Waals surface area contributed by atoms with Crippen LogP contribution >= 0.6 is 0 Å². The Bertz CT molecular complexity index is 3610. The summed E-state index contributed by atoms with van der Waals surface area (Å²) >= 11 is 0. The van der Waals surface area contributed by atoms with Crippen LogP contribution in [-0.4, -0.2) is 7.05 Å². The van der Waals surface area contributed by atoms with E-state index in [4.69, 9.17) is 4.42 Å². The van der Waals surface area contributed by atoms with Gasteiger partial charge in [0.15, 0.2) is 0 Å². The lowest BCUT2D eigenvalue weighted by Crippen LogP contribution is -2.14. The molecule has 0 bridgehead atoms. The fraction of sp³-hybridized carbons (Fsp3) is 0.0625. The van der Waals surface area contributed by atoms with Gasteiger partial charge < -0.3 is 14.2 Å². The van der Waals surface area contributed by atoms with Crippen LogP contribution in [0.1, 0.15) is 25.0 Å². The molecule has 1 heterocycles. The predicted molar refractivity (Wildman–Crippen MR) is 282 cm³/mol. The van der Waals surface area contributed by atoms with Gasteiger partial charge >= 0.3 is 0 Å². The Hall–Kier alpha value is -8.40. The second-order valence-corrected chi connectivity index (χ2v) is 18.2. The number of hydrogen-bond acceptors (Lipinski definition) is 3. The van der Waals surface area contributed by atoms with Gasteiger partial charge in [-0.3, -0.25) is 0 Å². The molecule has 1 aromatic heterocycles. The lowest BCUT2D eigenvalue weighted by Gasteiger charge is -2.27. The second-order valence-electron chi connectivity index (χ2n) is 18.2. The molecule has 0 aliphatic heterocycles. The van der Waals surface area contributed by atoms with Gasteiger partial charge in [0.25, 0.3) is 0 Å². The molecule has 0 N–H and O–H groups in total. The molecule has 0 saturated carbocycles. The predicted octanol–water partition coefficient (Wildman–Crippen LogP) is 17.8. The summed E-state index contributed by atoms with van der Waals surface area (Å²) in [7, 11) is 2.17. The molecule has 0 saturated heterocycles. The third kappa shape index (κ3) is 6.99. The molecule has 0 fully saturated rings. The Balaban J connectivity index is 0.957. The molecule has 3 nitrogen and oxygen atoms in total. The van der Waals surface area contributed by atoms with Gasteiger partial charge in [0.1, 0.15) is 11.2 Å². The highest BCUT2D eigenvalue weighted by Gasteiger charge is 2.35. The lowest BCUT2D eigenvalue weighted by molar-refractivity contribution is 0.660. The zero-order chi connectivity index (χ0) is 45.1. The van der Waals surface area contributed by atoms with Crippen molar-refractivity contribution < 1.29 is 4.42 Å².